The Bertz CT molecular complexity index is 1780. The number of nitrogens with one attached hydrogen (secondary N) is 3. The van der Waals surface area contributed by atoms with Gasteiger partial charge in [-0.2, -0.15) is 5.10 Å². The predicted octanol–water partition coefficient (Wildman–Crippen LogP) is 5.70. The number of benzene rings is 1. The standard InChI is InChI=1S/C27H20FN7O2/c28-22-18(16-10-17(12-29-11-16)31-27(36)14-2-1-3-14)4-5-19-21(22)25(35-34-19)26-32-20-6-8-30-23(24(20)33-26)15-7-9-37-13-15/h4-14H,1-3H2,(H,31,36)(H,32,33)(H,34,35). The molecule has 5 heterocycles. The lowest BCUT2D eigenvalue weighted by Gasteiger charge is -2.24. The van der Waals surface area contributed by atoms with E-state index in [2.05, 4.69) is 30.5 Å². The van der Waals surface area contributed by atoms with Crippen molar-refractivity contribution in [2.45, 2.75) is 19.3 Å². The van der Waals surface area contributed by atoms with Crippen LogP contribution in [-0.4, -0.2) is 36.0 Å². The zero-order chi connectivity index (χ0) is 24.9. The summed E-state index contributed by atoms with van der Waals surface area (Å²) in [6.45, 7) is 0. The van der Waals surface area contributed by atoms with Crippen LogP contribution in [0.2, 0.25) is 0 Å². The van der Waals surface area contributed by atoms with E-state index < -0.39 is 5.82 Å². The largest absolute Gasteiger partial charge is 0.472 e. The second kappa shape index (κ2) is 8.37. The summed E-state index contributed by atoms with van der Waals surface area (Å²) in [7, 11) is 0. The number of nitrogens with zero attached hydrogens (tertiary/aromatic N) is 4. The van der Waals surface area contributed by atoms with Crippen molar-refractivity contribution >= 4 is 33.5 Å². The SMILES string of the molecule is O=C(Nc1cncc(-c2ccc3[nH]nc(-c4nc5c(-c6ccoc6)nccc5[nH]4)c3c2F)c1)C1CCC1. The van der Waals surface area contributed by atoms with Crippen LogP contribution >= 0.6 is 0 Å². The number of carbonyl (C=O) groups is 1. The molecule has 1 aliphatic carbocycles. The number of H-pyrrole nitrogens is 2. The first-order valence-corrected chi connectivity index (χ1v) is 12.0. The highest BCUT2D eigenvalue weighted by Gasteiger charge is 2.25. The van der Waals surface area contributed by atoms with Crippen molar-refractivity contribution in [1.29, 1.82) is 0 Å². The topological polar surface area (TPSA) is 125 Å². The molecule has 0 bridgehead atoms. The van der Waals surface area contributed by atoms with Crippen LogP contribution in [0.5, 0.6) is 0 Å². The third-order valence-corrected chi connectivity index (χ3v) is 6.88. The highest BCUT2D eigenvalue weighted by atomic mass is 19.1. The molecule has 0 unspecified atom stereocenters. The molecule has 0 aliphatic heterocycles. The maximum Gasteiger partial charge on any atom is 0.227 e. The summed E-state index contributed by atoms with van der Waals surface area (Å²) in [6.07, 6.45) is 10.9. The normalized spacial score (nSPS) is 13.8. The van der Waals surface area contributed by atoms with Gasteiger partial charge in [-0.15, -0.1) is 0 Å². The Morgan fingerprint density at radius 2 is 2.00 bits per heavy atom. The van der Waals surface area contributed by atoms with Gasteiger partial charge in [0.1, 0.15) is 22.7 Å². The Labute approximate surface area is 209 Å². The van der Waals surface area contributed by atoms with E-state index in [-0.39, 0.29) is 11.8 Å². The Morgan fingerprint density at radius 3 is 2.81 bits per heavy atom. The number of hydrogen-bond acceptors (Lipinski definition) is 6. The quantitative estimate of drug-likeness (QED) is 0.283. The first-order valence-electron chi connectivity index (χ1n) is 12.0. The van der Waals surface area contributed by atoms with E-state index in [4.69, 9.17) is 9.40 Å². The van der Waals surface area contributed by atoms with Crippen molar-refractivity contribution in [1.82, 2.24) is 30.1 Å². The summed E-state index contributed by atoms with van der Waals surface area (Å²) in [5.74, 6) is -0.0282. The number of aromatic nitrogens is 6. The summed E-state index contributed by atoms with van der Waals surface area (Å²) in [4.78, 5) is 29.0. The maximum absolute atomic E-state index is 16.0. The van der Waals surface area contributed by atoms with Crippen molar-refractivity contribution in [3.8, 4) is 33.9 Å². The van der Waals surface area contributed by atoms with Gasteiger partial charge in [-0.3, -0.25) is 19.9 Å². The molecule has 1 fully saturated rings. The number of carbonyl (C=O) groups excluding carboxylic acids is 1. The van der Waals surface area contributed by atoms with Gasteiger partial charge in [0, 0.05) is 35.0 Å². The van der Waals surface area contributed by atoms with Gasteiger partial charge in [-0.05, 0) is 43.2 Å². The summed E-state index contributed by atoms with van der Waals surface area (Å²) in [5, 5.41) is 10.5. The van der Waals surface area contributed by atoms with Crippen molar-refractivity contribution in [2.75, 3.05) is 5.32 Å². The van der Waals surface area contributed by atoms with Crippen LogP contribution in [-0.2, 0) is 4.79 Å². The van der Waals surface area contributed by atoms with Gasteiger partial charge in [0.15, 0.2) is 5.82 Å². The highest BCUT2D eigenvalue weighted by Crippen LogP contribution is 2.35. The van der Waals surface area contributed by atoms with Gasteiger partial charge in [0.05, 0.1) is 40.8 Å². The number of anilines is 1. The summed E-state index contributed by atoms with van der Waals surface area (Å²) in [5.41, 5.74) is 5.14. The Hall–Kier alpha value is -4.86. The van der Waals surface area contributed by atoms with Crippen molar-refractivity contribution in [2.24, 2.45) is 5.92 Å². The smallest absolute Gasteiger partial charge is 0.227 e. The fourth-order valence-corrected chi connectivity index (χ4v) is 4.70. The fraction of sp³-hybridized carbons (Fsp3) is 0.148. The lowest BCUT2D eigenvalue weighted by molar-refractivity contribution is -0.122. The average Bonchev–Trinajstić information content (AvgIpc) is 3.62. The number of pyridine rings is 2. The number of aromatic amines is 2. The number of halogens is 1. The molecule has 0 atom stereocenters. The van der Waals surface area contributed by atoms with Crippen LogP contribution in [0.3, 0.4) is 0 Å². The number of furan rings is 1. The Kier molecular flexibility index (Phi) is 4.85. The van der Waals surface area contributed by atoms with Gasteiger partial charge in [0.2, 0.25) is 5.91 Å². The van der Waals surface area contributed by atoms with Crippen molar-refractivity contribution in [3.05, 3.63) is 67.3 Å². The average molecular weight is 494 g/mol. The highest BCUT2D eigenvalue weighted by molar-refractivity contribution is 5.98. The van der Waals surface area contributed by atoms with E-state index in [0.717, 1.165) is 30.3 Å². The molecule has 6 aromatic rings. The van der Waals surface area contributed by atoms with E-state index in [1.807, 2.05) is 6.07 Å². The fourth-order valence-electron chi connectivity index (χ4n) is 4.70. The minimum atomic E-state index is -0.459. The van der Waals surface area contributed by atoms with E-state index in [1.54, 1.807) is 55.4 Å². The minimum Gasteiger partial charge on any atom is -0.472 e. The first-order chi connectivity index (χ1) is 18.2. The van der Waals surface area contributed by atoms with Crippen molar-refractivity contribution in [3.63, 3.8) is 0 Å². The predicted molar refractivity (Wildman–Crippen MR) is 136 cm³/mol. The van der Waals surface area contributed by atoms with E-state index >= 15 is 4.39 Å². The second-order valence-corrected chi connectivity index (χ2v) is 9.15. The molecular weight excluding hydrogens is 473 g/mol. The summed E-state index contributed by atoms with van der Waals surface area (Å²) < 4.78 is 21.2. The van der Waals surface area contributed by atoms with Gasteiger partial charge in [-0.25, -0.2) is 9.37 Å². The minimum absolute atomic E-state index is 0.0209. The molecule has 182 valence electrons. The number of hydrogen-bond donors (Lipinski definition) is 3. The molecule has 3 N–H and O–H groups in total. The molecule has 7 rings (SSSR count). The third kappa shape index (κ3) is 3.56. The van der Waals surface area contributed by atoms with Crippen LogP contribution in [0.15, 0.2) is 65.9 Å². The third-order valence-electron chi connectivity index (χ3n) is 6.88. The van der Waals surface area contributed by atoms with Gasteiger partial charge in [-0.1, -0.05) is 6.42 Å². The molecule has 1 aromatic carbocycles. The Balaban J connectivity index is 1.30. The molecule has 0 saturated heterocycles. The van der Waals surface area contributed by atoms with Gasteiger partial charge < -0.3 is 14.7 Å². The van der Waals surface area contributed by atoms with E-state index in [1.165, 1.54) is 0 Å². The lowest BCUT2D eigenvalue weighted by atomic mass is 9.85. The van der Waals surface area contributed by atoms with E-state index in [0.29, 0.717) is 50.4 Å². The van der Waals surface area contributed by atoms with Crippen molar-refractivity contribution < 1.29 is 13.6 Å². The van der Waals surface area contributed by atoms with Gasteiger partial charge in [0.25, 0.3) is 0 Å². The number of imidazole rings is 1. The zero-order valence-corrected chi connectivity index (χ0v) is 19.5. The van der Waals surface area contributed by atoms with Gasteiger partial charge >= 0.3 is 0 Å². The van der Waals surface area contributed by atoms with Crippen LogP contribution in [0.1, 0.15) is 19.3 Å². The first kappa shape index (κ1) is 21.4. The molecule has 37 heavy (non-hydrogen) atoms. The molecule has 1 saturated carbocycles. The second-order valence-electron chi connectivity index (χ2n) is 9.15. The lowest BCUT2D eigenvalue weighted by Crippen LogP contribution is -2.28. The molecule has 10 heteroatoms. The van der Waals surface area contributed by atoms with Crippen LogP contribution in [0.4, 0.5) is 10.1 Å². The molecule has 1 amide bonds. The van der Waals surface area contributed by atoms with Crippen LogP contribution in [0, 0.1) is 11.7 Å². The van der Waals surface area contributed by atoms with E-state index in [9.17, 15) is 4.79 Å². The number of fused-ring (bicyclic) bond motifs is 2. The molecule has 5 aromatic heterocycles. The number of amides is 1. The van der Waals surface area contributed by atoms with Crippen LogP contribution in [0.25, 0.3) is 55.8 Å². The molecular formula is C27H20FN7O2. The molecule has 1 aliphatic rings. The number of rotatable bonds is 5. The van der Waals surface area contributed by atoms with Crippen LogP contribution < -0.4 is 5.32 Å². The summed E-state index contributed by atoms with van der Waals surface area (Å²) >= 11 is 0. The molecule has 9 nitrogen and oxygen atoms in total. The summed E-state index contributed by atoms with van der Waals surface area (Å²) in [6, 6.07) is 8.79. The maximum atomic E-state index is 16.0. The monoisotopic (exact) mass is 493 g/mol. The molecule has 0 radical (unpaired) electrons. The zero-order valence-electron chi connectivity index (χ0n) is 19.5. The Morgan fingerprint density at radius 1 is 1.08 bits per heavy atom. The molecule has 0 spiro atoms.